The van der Waals surface area contributed by atoms with Gasteiger partial charge in [-0.1, -0.05) is 30.3 Å². The van der Waals surface area contributed by atoms with Gasteiger partial charge < -0.3 is 5.32 Å². The molecule has 2 aliphatic rings. The van der Waals surface area contributed by atoms with Crippen molar-refractivity contribution in [2.45, 2.75) is 31.6 Å². The van der Waals surface area contributed by atoms with Crippen LogP contribution in [-0.2, 0) is 16.8 Å². The number of anilines is 1. The summed E-state index contributed by atoms with van der Waals surface area (Å²) in [5.74, 6) is -6.83. The van der Waals surface area contributed by atoms with E-state index in [1.807, 2.05) is 5.32 Å². The lowest BCUT2D eigenvalue weighted by Gasteiger charge is -2.22. The van der Waals surface area contributed by atoms with Gasteiger partial charge in [0.25, 0.3) is 5.91 Å². The lowest BCUT2D eigenvalue weighted by molar-refractivity contribution is -0.158. The van der Waals surface area contributed by atoms with Crippen LogP contribution in [0.15, 0.2) is 65.6 Å². The Kier molecular flexibility index (Phi) is 7.59. The number of benzene rings is 2. The average molecular weight is 652 g/mol. The Balaban J connectivity index is 1.47. The number of hydrogen-bond donors (Lipinski definition) is 1. The summed E-state index contributed by atoms with van der Waals surface area (Å²) < 4.78 is 114. The number of hydrogen-bond acceptors (Lipinski definition) is 5. The zero-order valence-corrected chi connectivity index (χ0v) is 23.9. The minimum Gasteiger partial charge on any atom is -0.340 e. The van der Waals surface area contributed by atoms with E-state index in [4.69, 9.17) is 0 Å². The molecule has 0 radical (unpaired) electrons. The molecule has 0 bridgehead atoms. The second-order valence-electron chi connectivity index (χ2n) is 10.7. The fourth-order valence-electron chi connectivity index (χ4n) is 5.30. The van der Waals surface area contributed by atoms with E-state index in [2.05, 4.69) is 4.98 Å². The van der Waals surface area contributed by atoms with Gasteiger partial charge in [0.1, 0.15) is 28.9 Å². The first-order valence-electron chi connectivity index (χ1n) is 13.7. The number of pyridine rings is 2. The van der Waals surface area contributed by atoms with Gasteiger partial charge in [0.2, 0.25) is 5.43 Å². The molecule has 1 saturated heterocycles. The summed E-state index contributed by atoms with van der Waals surface area (Å²) >= 11 is 0. The van der Waals surface area contributed by atoms with Gasteiger partial charge in [-0.15, -0.1) is 0 Å². The molecule has 1 N–H and O–H groups in total. The molecule has 1 aliphatic heterocycles. The molecule has 2 aromatic carbocycles. The van der Waals surface area contributed by atoms with E-state index in [1.165, 1.54) is 4.31 Å². The molecule has 1 atom stereocenters. The Labute approximate surface area is 251 Å². The third-order valence-electron chi connectivity index (χ3n) is 7.65. The van der Waals surface area contributed by atoms with Gasteiger partial charge >= 0.3 is 16.4 Å². The largest absolute Gasteiger partial charge is 0.408 e. The standard InChI is InChI=1S/C29H23F6N5O4S/c30-18-12-21(31)24(22(32)13-18)39-15-20(28(42)37-26(17-6-7-17)29(33,34)35)25(41)19-8-9-23(36-27(19)39)40-11-10-38(45(40,43)44)14-16-4-2-1-3-5-16/h1-5,8-9,12-13,15,17,26H,6-7,10-11,14H2,(H,37,42). The van der Waals surface area contributed by atoms with Crippen molar-refractivity contribution in [1.29, 1.82) is 0 Å². The van der Waals surface area contributed by atoms with E-state index in [0.717, 1.165) is 16.4 Å². The lowest BCUT2D eigenvalue weighted by atomic mass is 10.1. The molecule has 45 heavy (non-hydrogen) atoms. The van der Waals surface area contributed by atoms with Crippen molar-refractivity contribution in [3.8, 4) is 5.69 Å². The molecule has 1 amide bonds. The van der Waals surface area contributed by atoms with E-state index in [0.29, 0.717) is 28.5 Å². The SMILES string of the molecule is O=C(NC(C1CC1)C(F)(F)F)c1cn(-c2c(F)cc(F)cc2F)c2nc(N3CCN(Cc4ccccc4)S3(=O)=O)ccc2c1=O. The first-order chi connectivity index (χ1) is 21.3. The fraction of sp³-hybridized carbons (Fsp3) is 0.276. The van der Waals surface area contributed by atoms with Crippen molar-refractivity contribution in [3.63, 3.8) is 0 Å². The number of aromatic nitrogens is 2. The number of fused-ring (bicyclic) bond motifs is 1. The van der Waals surface area contributed by atoms with E-state index in [9.17, 15) is 35.6 Å². The van der Waals surface area contributed by atoms with Gasteiger partial charge in [0.15, 0.2) is 17.3 Å². The smallest absolute Gasteiger partial charge is 0.340 e. The predicted octanol–water partition coefficient (Wildman–Crippen LogP) is 4.44. The summed E-state index contributed by atoms with van der Waals surface area (Å²) in [5, 5.41) is 1.35. The number of nitrogens with one attached hydrogen (secondary N) is 1. The quantitative estimate of drug-likeness (QED) is 0.298. The molecule has 2 aromatic heterocycles. The maximum atomic E-state index is 15.1. The number of carbonyl (C=O) groups is 1. The van der Waals surface area contributed by atoms with Crippen molar-refractivity contribution in [3.05, 3.63) is 99.6 Å². The van der Waals surface area contributed by atoms with Crippen LogP contribution in [0, 0.1) is 23.4 Å². The van der Waals surface area contributed by atoms with Crippen molar-refractivity contribution < 1.29 is 39.6 Å². The molecule has 3 heterocycles. The van der Waals surface area contributed by atoms with E-state index < -0.39 is 79.4 Å². The topological polar surface area (TPSA) is 105 Å². The van der Waals surface area contributed by atoms with Crippen LogP contribution in [0.25, 0.3) is 16.7 Å². The molecule has 9 nitrogen and oxygen atoms in total. The molecular weight excluding hydrogens is 628 g/mol. The van der Waals surface area contributed by atoms with Gasteiger partial charge in [-0.05, 0) is 36.5 Å². The van der Waals surface area contributed by atoms with Crippen molar-refractivity contribution in [2.24, 2.45) is 5.92 Å². The molecule has 1 unspecified atom stereocenters. The zero-order chi connectivity index (χ0) is 32.3. The molecule has 0 spiro atoms. The summed E-state index contributed by atoms with van der Waals surface area (Å²) in [5.41, 5.74) is -2.81. The summed E-state index contributed by atoms with van der Waals surface area (Å²) in [6.07, 6.45) is -3.81. The first kappa shape index (κ1) is 30.6. The molecule has 2 fully saturated rings. The summed E-state index contributed by atoms with van der Waals surface area (Å²) in [7, 11) is -4.16. The molecule has 1 aliphatic carbocycles. The molecule has 16 heteroatoms. The third kappa shape index (κ3) is 5.75. The molecule has 4 aromatic rings. The minimum absolute atomic E-state index is 0.0439. The zero-order valence-electron chi connectivity index (χ0n) is 23.1. The Morgan fingerprint density at radius 1 is 1.00 bits per heavy atom. The van der Waals surface area contributed by atoms with Crippen LogP contribution >= 0.6 is 0 Å². The van der Waals surface area contributed by atoms with Crippen LogP contribution < -0.4 is 15.1 Å². The normalized spacial score (nSPS) is 17.5. The van der Waals surface area contributed by atoms with Crippen molar-refractivity contribution in [1.82, 2.24) is 19.2 Å². The second-order valence-corrected chi connectivity index (χ2v) is 12.6. The van der Waals surface area contributed by atoms with E-state index in [1.54, 1.807) is 30.3 Å². The molecular formula is C29H23F6N5O4S. The third-order valence-corrected chi connectivity index (χ3v) is 9.54. The van der Waals surface area contributed by atoms with E-state index in [-0.39, 0.29) is 38.3 Å². The van der Waals surface area contributed by atoms with E-state index >= 15 is 8.78 Å². The van der Waals surface area contributed by atoms with Crippen molar-refractivity contribution in [2.75, 3.05) is 17.4 Å². The lowest BCUT2D eigenvalue weighted by Crippen LogP contribution is -2.48. The van der Waals surface area contributed by atoms with Gasteiger partial charge in [0, 0.05) is 31.4 Å². The monoisotopic (exact) mass is 651 g/mol. The summed E-state index contributed by atoms with van der Waals surface area (Å²) in [6.45, 7) is 0.0331. The first-order valence-corrected chi connectivity index (χ1v) is 15.1. The highest BCUT2D eigenvalue weighted by Gasteiger charge is 2.50. The Morgan fingerprint density at radius 2 is 1.67 bits per heavy atom. The fourth-order valence-corrected chi connectivity index (χ4v) is 6.85. The van der Waals surface area contributed by atoms with Gasteiger partial charge in [-0.2, -0.15) is 25.9 Å². The van der Waals surface area contributed by atoms with Crippen LogP contribution in [0.5, 0.6) is 0 Å². The Morgan fingerprint density at radius 3 is 2.29 bits per heavy atom. The number of amides is 1. The Bertz CT molecular complexity index is 1960. The maximum absolute atomic E-state index is 15.1. The molecule has 1 saturated carbocycles. The van der Waals surface area contributed by atoms with Gasteiger partial charge in [-0.25, -0.2) is 22.5 Å². The molecule has 6 rings (SSSR count). The number of alkyl halides is 3. The van der Waals surface area contributed by atoms with Crippen LogP contribution in [-0.4, -0.2) is 53.5 Å². The highest BCUT2D eigenvalue weighted by atomic mass is 32.2. The molecule has 236 valence electrons. The maximum Gasteiger partial charge on any atom is 0.408 e. The number of nitrogens with zero attached hydrogens (tertiary/aromatic N) is 4. The number of halogens is 6. The summed E-state index contributed by atoms with van der Waals surface area (Å²) in [4.78, 5) is 30.7. The second kappa shape index (κ2) is 11.2. The van der Waals surface area contributed by atoms with Crippen LogP contribution in [0.2, 0.25) is 0 Å². The van der Waals surface area contributed by atoms with Crippen LogP contribution in [0.1, 0.15) is 28.8 Å². The van der Waals surface area contributed by atoms with Crippen molar-refractivity contribution >= 4 is 33.0 Å². The highest BCUT2D eigenvalue weighted by molar-refractivity contribution is 7.90. The van der Waals surface area contributed by atoms with Gasteiger partial charge in [0.05, 0.1) is 11.9 Å². The summed E-state index contributed by atoms with van der Waals surface area (Å²) in [6, 6.07) is 9.34. The van der Waals surface area contributed by atoms with Crippen LogP contribution in [0.4, 0.5) is 32.2 Å². The minimum atomic E-state index is -4.83. The average Bonchev–Trinajstić information content (AvgIpc) is 3.76. The number of carbonyl (C=O) groups excluding carboxylic acids is 1. The van der Waals surface area contributed by atoms with Crippen LogP contribution in [0.3, 0.4) is 0 Å². The highest BCUT2D eigenvalue weighted by Crippen LogP contribution is 2.40. The Hall–Kier alpha value is -4.44. The number of rotatable bonds is 7. The predicted molar refractivity (Wildman–Crippen MR) is 150 cm³/mol. The van der Waals surface area contributed by atoms with Gasteiger partial charge in [-0.3, -0.25) is 14.2 Å².